The van der Waals surface area contributed by atoms with Gasteiger partial charge in [-0.05, 0) is 11.8 Å². The van der Waals surface area contributed by atoms with Gasteiger partial charge in [0.2, 0.25) is 0 Å². The maximum atomic E-state index is 11.6. The Labute approximate surface area is 88.5 Å². The van der Waals surface area contributed by atoms with Crippen LogP contribution in [0.1, 0.15) is 50.7 Å². The first-order valence-electron chi connectivity index (χ1n) is 4.73. The van der Waals surface area contributed by atoms with Crippen LogP contribution in [0.5, 0.6) is 0 Å². The summed E-state index contributed by atoms with van der Waals surface area (Å²) in [6.07, 6.45) is 0. The monoisotopic (exact) mass is 214 g/mol. The summed E-state index contributed by atoms with van der Waals surface area (Å²) in [5.74, 6) is 0.381. The summed E-state index contributed by atoms with van der Waals surface area (Å²) < 4.78 is 0. The fourth-order valence-corrected chi connectivity index (χ4v) is 1.94. The predicted octanol–water partition coefficient (Wildman–Crippen LogP) is 2.67. The van der Waals surface area contributed by atoms with Crippen LogP contribution in [0, 0.1) is 0 Å². The molecule has 0 radical (unpaired) electrons. The van der Waals surface area contributed by atoms with Crippen molar-refractivity contribution in [3.8, 4) is 0 Å². The molecule has 0 aliphatic carbocycles. The first kappa shape index (κ1) is 11.2. The fourth-order valence-electron chi connectivity index (χ4n) is 1.58. The van der Waals surface area contributed by atoms with Gasteiger partial charge in [0.1, 0.15) is 0 Å². The van der Waals surface area contributed by atoms with E-state index >= 15 is 0 Å². The van der Waals surface area contributed by atoms with Gasteiger partial charge in [0, 0.05) is 11.1 Å². The minimum Gasteiger partial charge on any atom is -0.268 e. The van der Waals surface area contributed by atoms with Crippen molar-refractivity contribution in [2.75, 3.05) is 0 Å². The zero-order chi connectivity index (χ0) is 10.9. The summed E-state index contributed by atoms with van der Waals surface area (Å²) in [6, 6.07) is 0. The van der Waals surface area contributed by atoms with Gasteiger partial charge < -0.3 is 0 Å². The number of H-pyrrole nitrogens is 1. The van der Waals surface area contributed by atoms with E-state index in [1.807, 2.05) is 27.7 Å². The summed E-state index contributed by atoms with van der Waals surface area (Å²) in [4.78, 5) is 11.6. The second-order valence-electron chi connectivity index (χ2n) is 3.98. The fraction of sp³-hybridized carbons (Fsp3) is 0.600. The third kappa shape index (κ3) is 1.98. The van der Waals surface area contributed by atoms with E-state index in [-0.39, 0.29) is 17.4 Å². The van der Waals surface area contributed by atoms with Crippen LogP contribution in [0.2, 0.25) is 5.15 Å². The molecule has 0 spiro atoms. The molecule has 1 N–H and O–H groups in total. The zero-order valence-corrected chi connectivity index (χ0v) is 9.64. The Hall–Kier alpha value is -0.830. The van der Waals surface area contributed by atoms with E-state index in [9.17, 15) is 4.79 Å². The minimum absolute atomic E-state index is 0.131. The van der Waals surface area contributed by atoms with Crippen molar-refractivity contribution in [1.82, 2.24) is 10.2 Å². The van der Waals surface area contributed by atoms with Gasteiger partial charge in [0.25, 0.3) is 5.56 Å². The molecule has 0 aliphatic rings. The van der Waals surface area contributed by atoms with Crippen molar-refractivity contribution in [3.63, 3.8) is 0 Å². The van der Waals surface area contributed by atoms with Crippen LogP contribution in [-0.2, 0) is 0 Å². The summed E-state index contributed by atoms with van der Waals surface area (Å²) in [5.41, 5.74) is 1.48. The number of aromatic nitrogens is 2. The van der Waals surface area contributed by atoms with E-state index in [0.717, 1.165) is 11.1 Å². The van der Waals surface area contributed by atoms with Gasteiger partial charge >= 0.3 is 0 Å². The lowest BCUT2D eigenvalue weighted by molar-refractivity contribution is 0.749. The Kier molecular flexibility index (Phi) is 3.32. The molecule has 1 heterocycles. The molecule has 0 unspecified atom stereocenters. The lowest BCUT2D eigenvalue weighted by Gasteiger charge is -2.14. The largest absolute Gasteiger partial charge is 0.268 e. The summed E-state index contributed by atoms with van der Waals surface area (Å²) >= 11 is 5.96. The molecule has 1 rings (SSSR count). The van der Waals surface area contributed by atoms with Crippen LogP contribution in [-0.4, -0.2) is 10.2 Å². The Morgan fingerprint density at radius 1 is 1.14 bits per heavy atom. The van der Waals surface area contributed by atoms with Crippen LogP contribution in [0.25, 0.3) is 0 Å². The van der Waals surface area contributed by atoms with E-state index in [0.29, 0.717) is 5.15 Å². The molecule has 0 amide bonds. The van der Waals surface area contributed by atoms with E-state index in [1.165, 1.54) is 0 Å². The van der Waals surface area contributed by atoms with Crippen molar-refractivity contribution in [2.45, 2.75) is 39.5 Å². The quantitative estimate of drug-likeness (QED) is 0.823. The van der Waals surface area contributed by atoms with Crippen molar-refractivity contribution >= 4 is 11.6 Å². The number of hydrogen-bond donors (Lipinski definition) is 1. The number of hydrogen-bond acceptors (Lipinski definition) is 2. The molecule has 0 aliphatic heterocycles. The van der Waals surface area contributed by atoms with Crippen LogP contribution in [0.3, 0.4) is 0 Å². The number of halogens is 1. The molecule has 0 atom stereocenters. The molecule has 1 aromatic rings. The van der Waals surface area contributed by atoms with Crippen molar-refractivity contribution < 1.29 is 0 Å². The van der Waals surface area contributed by atoms with Gasteiger partial charge in [-0.15, -0.1) is 0 Å². The average Bonchev–Trinajstić information content (AvgIpc) is 2.07. The maximum absolute atomic E-state index is 11.6. The van der Waals surface area contributed by atoms with Gasteiger partial charge in [-0.25, -0.2) is 5.10 Å². The topological polar surface area (TPSA) is 45.8 Å². The third-order valence-electron chi connectivity index (χ3n) is 2.17. The van der Waals surface area contributed by atoms with Crippen LogP contribution in [0.4, 0.5) is 0 Å². The smallest absolute Gasteiger partial charge is 0.268 e. The molecular formula is C10H15ClN2O. The lowest BCUT2D eigenvalue weighted by atomic mass is 9.93. The van der Waals surface area contributed by atoms with E-state index in [4.69, 9.17) is 11.6 Å². The highest BCUT2D eigenvalue weighted by Crippen LogP contribution is 2.27. The molecule has 0 aromatic carbocycles. The Morgan fingerprint density at radius 2 is 1.64 bits per heavy atom. The summed E-state index contributed by atoms with van der Waals surface area (Å²) in [7, 11) is 0. The van der Waals surface area contributed by atoms with Gasteiger partial charge in [0.15, 0.2) is 5.15 Å². The molecule has 4 heteroatoms. The van der Waals surface area contributed by atoms with Crippen molar-refractivity contribution in [1.29, 1.82) is 0 Å². The predicted molar refractivity (Wildman–Crippen MR) is 58.0 cm³/mol. The van der Waals surface area contributed by atoms with Crippen LogP contribution >= 0.6 is 11.6 Å². The Morgan fingerprint density at radius 3 is 2.00 bits per heavy atom. The highest BCUT2D eigenvalue weighted by Gasteiger charge is 2.18. The zero-order valence-electron chi connectivity index (χ0n) is 8.89. The summed E-state index contributed by atoms with van der Waals surface area (Å²) in [6.45, 7) is 7.97. The number of nitrogens with one attached hydrogen (secondary N) is 1. The van der Waals surface area contributed by atoms with E-state index in [2.05, 4.69) is 10.2 Å². The van der Waals surface area contributed by atoms with E-state index in [1.54, 1.807) is 0 Å². The van der Waals surface area contributed by atoms with Crippen LogP contribution < -0.4 is 5.56 Å². The van der Waals surface area contributed by atoms with E-state index < -0.39 is 0 Å². The Balaban J connectivity index is 3.50. The molecule has 14 heavy (non-hydrogen) atoms. The summed E-state index contributed by atoms with van der Waals surface area (Å²) in [5, 5.41) is 6.58. The SMILES string of the molecule is CC(C)c1c(Cl)n[nH]c(=O)c1C(C)C. The van der Waals surface area contributed by atoms with Gasteiger partial charge in [0.05, 0.1) is 0 Å². The molecule has 0 bridgehead atoms. The highest BCUT2D eigenvalue weighted by molar-refractivity contribution is 6.30. The maximum Gasteiger partial charge on any atom is 0.268 e. The molecular weight excluding hydrogens is 200 g/mol. The molecule has 0 saturated heterocycles. The second-order valence-corrected chi connectivity index (χ2v) is 4.34. The van der Waals surface area contributed by atoms with Crippen LogP contribution in [0.15, 0.2) is 4.79 Å². The lowest BCUT2D eigenvalue weighted by Crippen LogP contribution is -2.19. The van der Waals surface area contributed by atoms with Crippen molar-refractivity contribution in [3.05, 3.63) is 26.6 Å². The molecule has 1 aromatic heterocycles. The molecule has 0 saturated carbocycles. The minimum atomic E-state index is -0.131. The molecule has 0 fully saturated rings. The normalized spacial score (nSPS) is 11.4. The first-order valence-corrected chi connectivity index (χ1v) is 5.11. The molecule has 3 nitrogen and oxygen atoms in total. The number of rotatable bonds is 2. The van der Waals surface area contributed by atoms with Gasteiger partial charge in [-0.3, -0.25) is 4.79 Å². The second kappa shape index (κ2) is 4.13. The average molecular weight is 215 g/mol. The number of nitrogens with zero attached hydrogens (tertiary/aromatic N) is 1. The third-order valence-corrected chi connectivity index (χ3v) is 2.46. The Bertz CT molecular complexity index is 382. The molecule has 78 valence electrons. The van der Waals surface area contributed by atoms with Gasteiger partial charge in [-0.2, -0.15) is 5.10 Å². The first-order chi connectivity index (χ1) is 6.45. The number of aromatic amines is 1. The standard InChI is InChI=1S/C10H15ClN2O/c1-5(2)7-8(6(3)4)10(14)13-12-9(7)11/h5-6H,1-4H3,(H,13,14). The van der Waals surface area contributed by atoms with Gasteiger partial charge in [-0.1, -0.05) is 39.3 Å². The highest BCUT2D eigenvalue weighted by atomic mass is 35.5. The van der Waals surface area contributed by atoms with Crippen molar-refractivity contribution in [2.24, 2.45) is 0 Å².